The lowest BCUT2D eigenvalue weighted by Gasteiger charge is -2.05. The first-order valence-electron chi connectivity index (χ1n) is 9.53. The number of anilines is 1. The number of hydrogen-bond acceptors (Lipinski definition) is 4. The van der Waals surface area contributed by atoms with Gasteiger partial charge in [-0.3, -0.25) is 9.59 Å². The van der Waals surface area contributed by atoms with E-state index in [0.717, 1.165) is 5.56 Å². The molecule has 0 aliphatic carbocycles. The number of carbonyl (C=O) groups excluding carboxylic acids is 2. The molecule has 0 aliphatic heterocycles. The fraction of sp³-hybridized carbons (Fsp3) is 0.0400. The van der Waals surface area contributed by atoms with Gasteiger partial charge in [-0.1, -0.05) is 35.9 Å². The highest BCUT2D eigenvalue weighted by molar-refractivity contribution is 6.30. The Morgan fingerprint density at radius 3 is 2.61 bits per heavy atom. The second kappa shape index (κ2) is 8.90. The summed E-state index contributed by atoms with van der Waals surface area (Å²) >= 11 is 6.02. The average molecular weight is 432 g/mol. The van der Waals surface area contributed by atoms with Gasteiger partial charge in [-0.15, -0.1) is 0 Å². The van der Waals surface area contributed by atoms with Gasteiger partial charge in [0.15, 0.2) is 5.78 Å². The molecule has 6 heteroatoms. The number of amides is 1. The van der Waals surface area contributed by atoms with Crippen LogP contribution >= 0.6 is 11.6 Å². The van der Waals surface area contributed by atoms with Gasteiger partial charge in [-0.25, -0.2) is 0 Å². The molecule has 1 amide bonds. The zero-order valence-corrected chi connectivity index (χ0v) is 17.3. The summed E-state index contributed by atoms with van der Waals surface area (Å²) < 4.78 is 10.9. The molecule has 0 fully saturated rings. The molecule has 31 heavy (non-hydrogen) atoms. The minimum Gasteiger partial charge on any atom is -0.469 e. The summed E-state index contributed by atoms with van der Waals surface area (Å²) in [6, 6.07) is 19.3. The zero-order valence-electron chi connectivity index (χ0n) is 16.6. The summed E-state index contributed by atoms with van der Waals surface area (Å²) in [5, 5.41) is 3.40. The van der Waals surface area contributed by atoms with Crippen LogP contribution in [-0.4, -0.2) is 11.7 Å². The molecule has 0 unspecified atom stereocenters. The predicted octanol–water partition coefficient (Wildman–Crippen LogP) is 6.65. The van der Waals surface area contributed by atoms with Crippen molar-refractivity contribution in [3.63, 3.8) is 0 Å². The quantitative estimate of drug-likeness (QED) is 0.274. The molecule has 5 nitrogen and oxygen atoms in total. The van der Waals surface area contributed by atoms with Crippen LogP contribution in [0.4, 0.5) is 5.69 Å². The van der Waals surface area contributed by atoms with Crippen LogP contribution in [-0.2, 0) is 0 Å². The first-order valence-corrected chi connectivity index (χ1v) is 9.91. The lowest BCUT2D eigenvalue weighted by Crippen LogP contribution is -2.12. The second-order valence-corrected chi connectivity index (χ2v) is 7.27. The Bertz CT molecular complexity index is 1280. The normalized spacial score (nSPS) is 11.0. The van der Waals surface area contributed by atoms with Gasteiger partial charge in [-0.05, 0) is 61.5 Å². The van der Waals surface area contributed by atoms with E-state index in [1.807, 2.05) is 24.3 Å². The summed E-state index contributed by atoms with van der Waals surface area (Å²) in [7, 11) is 0. The van der Waals surface area contributed by atoms with Crippen LogP contribution in [0.1, 0.15) is 32.2 Å². The van der Waals surface area contributed by atoms with E-state index in [2.05, 4.69) is 5.32 Å². The summed E-state index contributed by atoms with van der Waals surface area (Å²) in [4.78, 5) is 24.9. The van der Waals surface area contributed by atoms with Gasteiger partial charge in [0.05, 0.1) is 11.8 Å². The molecule has 154 valence electrons. The minimum atomic E-state index is -0.296. The Morgan fingerprint density at radius 1 is 1.00 bits per heavy atom. The number of aryl methyl sites for hydroxylation is 1. The highest BCUT2D eigenvalue weighted by Gasteiger charge is 2.12. The Balaban J connectivity index is 1.45. The van der Waals surface area contributed by atoms with Crippen molar-refractivity contribution in [1.82, 2.24) is 0 Å². The third kappa shape index (κ3) is 4.85. The lowest BCUT2D eigenvalue weighted by molar-refractivity contribution is 0.102. The number of hydrogen-bond donors (Lipinski definition) is 1. The Kier molecular flexibility index (Phi) is 5.87. The molecule has 0 saturated heterocycles. The molecular weight excluding hydrogens is 414 g/mol. The summed E-state index contributed by atoms with van der Waals surface area (Å²) in [6.45, 7) is 1.71. The van der Waals surface area contributed by atoms with E-state index in [0.29, 0.717) is 39.1 Å². The molecule has 2 heterocycles. The third-order valence-electron chi connectivity index (χ3n) is 4.64. The molecular formula is C25H18ClNO4. The molecule has 0 aliphatic rings. The number of furan rings is 2. The van der Waals surface area contributed by atoms with Crippen molar-refractivity contribution in [1.29, 1.82) is 0 Å². The van der Waals surface area contributed by atoms with Crippen LogP contribution in [0, 0.1) is 6.92 Å². The molecule has 2 aromatic heterocycles. The van der Waals surface area contributed by atoms with Crippen molar-refractivity contribution < 1.29 is 18.4 Å². The monoisotopic (exact) mass is 431 g/mol. The van der Waals surface area contributed by atoms with Crippen LogP contribution in [0.3, 0.4) is 0 Å². The van der Waals surface area contributed by atoms with Crippen LogP contribution in [0.5, 0.6) is 0 Å². The zero-order chi connectivity index (χ0) is 21.8. The number of allylic oxidation sites excluding steroid dienone is 1. The highest BCUT2D eigenvalue weighted by Crippen LogP contribution is 2.25. The van der Waals surface area contributed by atoms with Gasteiger partial charge in [0.25, 0.3) is 5.91 Å². The van der Waals surface area contributed by atoms with E-state index < -0.39 is 0 Å². The predicted molar refractivity (Wildman–Crippen MR) is 120 cm³/mol. The van der Waals surface area contributed by atoms with Gasteiger partial charge >= 0.3 is 0 Å². The SMILES string of the molecule is Cc1occc1C(=O)Nc1cccc(C(=O)/C=C/c2ccc(-c3cccc(Cl)c3)o2)c1. The van der Waals surface area contributed by atoms with Crippen LogP contribution in [0.25, 0.3) is 17.4 Å². The van der Waals surface area contributed by atoms with Gasteiger partial charge in [0.2, 0.25) is 0 Å². The number of halogens is 1. The molecule has 4 rings (SSSR count). The van der Waals surface area contributed by atoms with Crippen molar-refractivity contribution in [3.8, 4) is 11.3 Å². The lowest BCUT2D eigenvalue weighted by atomic mass is 10.1. The fourth-order valence-electron chi connectivity index (χ4n) is 3.06. The first-order chi connectivity index (χ1) is 15.0. The molecule has 0 saturated carbocycles. The minimum absolute atomic E-state index is 0.212. The largest absolute Gasteiger partial charge is 0.469 e. The number of nitrogens with one attached hydrogen (secondary N) is 1. The van der Waals surface area contributed by atoms with Crippen LogP contribution < -0.4 is 5.32 Å². The Labute approximate surface area is 184 Å². The van der Waals surface area contributed by atoms with E-state index in [1.54, 1.807) is 55.5 Å². The Hall–Kier alpha value is -3.83. The number of rotatable bonds is 6. The number of benzene rings is 2. The van der Waals surface area contributed by atoms with E-state index in [-0.39, 0.29) is 11.7 Å². The molecule has 2 aromatic carbocycles. The maximum Gasteiger partial charge on any atom is 0.259 e. The van der Waals surface area contributed by atoms with Gasteiger partial charge in [0, 0.05) is 21.8 Å². The van der Waals surface area contributed by atoms with Crippen molar-refractivity contribution >= 4 is 35.1 Å². The Morgan fingerprint density at radius 2 is 1.84 bits per heavy atom. The summed E-state index contributed by atoms with van der Waals surface area (Å²) in [5.74, 6) is 1.23. The van der Waals surface area contributed by atoms with E-state index in [1.165, 1.54) is 12.3 Å². The molecule has 0 spiro atoms. The highest BCUT2D eigenvalue weighted by atomic mass is 35.5. The smallest absolute Gasteiger partial charge is 0.259 e. The summed E-state index contributed by atoms with van der Waals surface area (Å²) in [5.41, 5.74) is 2.27. The van der Waals surface area contributed by atoms with Crippen molar-refractivity contribution in [3.05, 3.63) is 107 Å². The molecule has 0 radical (unpaired) electrons. The topological polar surface area (TPSA) is 72.5 Å². The molecule has 0 bridgehead atoms. The maximum absolute atomic E-state index is 12.6. The number of carbonyl (C=O) groups is 2. The first kappa shape index (κ1) is 20.4. The van der Waals surface area contributed by atoms with Crippen LogP contribution in [0.2, 0.25) is 5.02 Å². The third-order valence-corrected chi connectivity index (χ3v) is 4.88. The summed E-state index contributed by atoms with van der Waals surface area (Å²) in [6.07, 6.45) is 4.50. The van der Waals surface area contributed by atoms with Crippen LogP contribution in [0.15, 0.2) is 87.9 Å². The molecule has 1 N–H and O–H groups in total. The standard InChI is InChI=1S/C25H18ClNO4/c1-16-22(12-13-30-16)25(29)27-20-7-3-4-17(15-20)23(28)10-8-21-9-11-24(31-21)18-5-2-6-19(26)14-18/h2-15H,1H3,(H,27,29)/b10-8+. The second-order valence-electron chi connectivity index (χ2n) is 6.84. The van der Waals surface area contributed by atoms with E-state index in [4.69, 9.17) is 20.4 Å². The number of ketones is 1. The van der Waals surface area contributed by atoms with E-state index >= 15 is 0 Å². The van der Waals surface area contributed by atoms with Gasteiger partial charge in [-0.2, -0.15) is 0 Å². The molecule has 4 aromatic rings. The van der Waals surface area contributed by atoms with Crippen molar-refractivity contribution in [2.75, 3.05) is 5.32 Å². The van der Waals surface area contributed by atoms with Gasteiger partial charge in [0.1, 0.15) is 17.3 Å². The molecule has 0 atom stereocenters. The van der Waals surface area contributed by atoms with Crippen molar-refractivity contribution in [2.24, 2.45) is 0 Å². The maximum atomic E-state index is 12.6. The van der Waals surface area contributed by atoms with Gasteiger partial charge < -0.3 is 14.2 Å². The van der Waals surface area contributed by atoms with E-state index in [9.17, 15) is 9.59 Å². The fourth-order valence-corrected chi connectivity index (χ4v) is 3.25. The average Bonchev–Trinajstić information content (AvgIpc) is 3.41. The van der Waals surface area contributed by atoms with Crippen molar-refractivity contribution in [2.45, 2.75) is 6.92 Å².